The molecule has 1 saturated carbocycles. The van der Waals surface area contributed by atoms with Gasteiger partial charge in [0.15, 0.2) is 0 Å². The summed E-state index contributed by atoms with van der Waals surface area (Å²) in [6.07, 6.45) is 5.74. The third-order valence-corrected chi connectivity index (χ3v) is 3.18. The Morgan fingerprint density at radius 3 is 2.73 bits per heavy atom. The minimum Gasteiger partial charge on any atom is -0.462 e. The standard InChI is InChI=1S/C12H22O3/c1-3-4-5-6-10-11(14)7-8-12(10)15-9(2)13/h10-12,14H,3-8H2,1-2H3. The van der Waals surface area contributed by atoms with Crippen LogP contribution in [0.1, 0.15) is 52.4 Å². The van der Waals surface area contributed by atoms with Crippen molar-refractivity contribution in [1.82, 2.24) is 0 Å². The van der Waals surface area contributed by atoms with Crippen LogP contribution in [-0.4, -0.2) is 23.3 Å². The summed E-state index contributed by atoms with van der Waals surface area (Å²) in [6.45, 7) is 3.60. The van der Waals surface area contributed by atoms with Crippen molar-refractivity contribution in [2.45, 2.75) is 64.6 Å². The smallest absolute Gasteiger partial charge is 0.302 e. The third kappa shape index (κ3) is 3.82. The van der Waals surface area contributed by atoms with Crippen molar-refractivity contribution in [2.75, 3.05) is 0 Å². The van der Waals surface area contributed by atoms with E-state index in [1.165, 1.54) is 19.8 Å². The van der Waals surface area contributed by atoms with Crippen LogP contribution in [-0.2, 0) is 9.53 Å². The summed E-state index contributed by atoms with van der Waals surface area (Å²) in [7, 11) is 0. The molecule has 0 saturated heterocycles. The zero-order chi connectivity index (χ0) is 11.3. The van der Waals surface area contributed by atoms with Crippen LogP contribution in [0.3, 0.4) is 0 Å². The minimum atomic E-state index is -0.272. The van der Waals surface area contributed by atoms with Crippen molar-refractivity contribution in [3.05, 3.63) is 0 Å². The second kappa shape index (κ2) is 6.11. The van der Waals surface area contributed by atoms with Crippen LogP contribution in [0.2, 0.25) is 0 Å². The highest BCUT2D eigenvalue weighted by molar-refractivity contribution is 5.66. The topological polar surface area (TPSA) is 46.5 Å². The van der Waals surface area contributed by atoms with Gasteiger partial charge in [-0.25, -0.2) is 0 Å². The molecule has 1 N–H and O–H groups in total. The second-order valence-electron chi connectivity index (χ2n) is 4.45. The maximum atomic E-state index is 10.9. The predicted molar refractivity (Wildman–Crippen MR) is 58.4 cm³/mol. The molecule has 0 spiro atoms. The van der Waals surface area contributed by atoms with Crippen molar-refractivity contribution in [2.24, 2.45) is 5.92 Å². The van der Waals surface area contributed by atoms with E-state index in [9.17, 15) is 9.90 Å². The predicted octanol–water partition coefficient (Wildman–Crippen LogP) is 2.27. The maximum Gasteiger partial charge on any atom is 0.302 e. The lowest BCUT2D eigenvalue weighted by molar-refractivity contribution is -0.148. The number of hydrogen-bond acceptors (Lipinski definition) is 3. The highest BCUT2D eigenvalue weighted by Gasteiger charge is 2.36. The number of carbonyl (C=O) groups is 1. The zero-order valence-electron chi connectivity index (χ0n) is 9.74. The molecular weight excluding hydrogens is 192 g/mol. The van der Waals surface area contributed by atoms with E-state index < -0.39 is 0 Å². The van der Waals surface area contributed by atoms with Gasteiger partial charge in [-0.15, -0.1) is 0 Å². The van der Waals surface area contributed by atoms with Crippen LogP contribution in [0.15, 0.2) is 0 Å². The van der Waals surface area contributed by atoms with Gasteiger partial charge in [0.2, 0.25) is 0 Å². The molecule has 0 aromatic heterocycles. The van der Waals surface area contributed by atoms with Gasteiger partial charge in [0.05, 0.1) is 6.10 Å². The van der Waals surface area contributed by atoms with E-state index in [0.29, 0.717) is 0 Å². The lowest BCUT2D eigenvalue weighted by Gasteiger charge is -2.21. The molecule has 1 fully saturated rings. The molecule has 1 aliphatic rings. The summed E-state index contributed by atoms with van der Waals surface area (Å²) in [4.78, 5) is 10.9. The molecule has 1 aliphatic carbocycles. The Labute approximate surface area is 91.8 Å². The first-order chi connectivity index (χ1) is 7.15. The summed E-state index contributed by atoms with van der Waals surface area (Å²) in [5.74, 6) is -0.0601. The first kappa shape index (κ1) is 12.5. The van der Waals surface area contributed by atoms with E-state index in [4.69, 9.17) is 4.74 Å². The van der Waals surface area contributed by atoms with Crippen LogP contribution in [0.25, 0.3) is 0 Å². The van der Waals surface area contributed by atoms with Gasteiger partial charge in [-0.1, -0.05) is 26.2 Å². The Morgan fingerprint density at radius 2 is 2.13 bits per heavy atom. The Kier molecular flexibility index (Phi) is 5.09. The number of aliphatic hydroxyl groups is 1. The Morgan fingerprint density at radius 1 is 1.40 bits per heavy atom. The van der Waals surface area contributed by atoms with Crippen LogP contribution in [0.5, 0.6) is 0 Å². The fourth-order valence-electron chi connectivity index (χ4n) is 2.38. The molecule has 0 radical (unpaired) electrons. The van der Waals surface area contributed by atoms with Crippen LogP contribution < -0.4 is 0 Å². The number of esters is 1. The molecule has 0 aromatic rings. The van der Waals surface area contributed by atoms with Crippen molar-refractivity contribution >= 4 is 5.97 Å². The molecule has 0 aliphatic heterocycles. The van der Waals surface area contributed by atoms with Gasteiger partial charge >= 0.3 is 5.97 Å². The first-order valence-electron chi connectivity index (χ1n) is 6.00. The van der Waals surface area contributed by atoms with Crippen LogP contribution in [0, 0.1) is 5.92 Å². The van der Waals surface area contributed by atoms with Crippen molar-refractivity contribution < 1.29 is 14.6 Å². The van der Waals surface area contributed by atoms with Crippen molar-refractivity contribution in [3.63, 3.8) is 0 Å². The number of rotatable bonds is 5. The van der Waals surface area contributed by atoms with Gasteiger partial charge < -0.3 is 9.84 Å². The zero-order valence-corrected chi connectivity index (χ0v) is 9.74. The summed E-state index contributed by atoms with van der Waals surface area (Å²) in [6, 6.07) is 0. The summed E-state index contributed by atoms with van der Waals surface area (Å²) >= 11 is 0. The normalized spacial score (nSPS) is 30.5. The number of ether oxygens (including phenoxy) is 1. The largest absolute Gasteiger partial charge is 0.462 e. The molecule has 0 amide bonds. The number of hydrogen-bond donors (Lipinski definition) is 1. The van der Waals surface area contributed by atoms with Crippen molar-refractivity contribution in [3.8, 4) is 0 Å². The van der Waals surface area contributed by atoms with Crippen molar-refractivity contribution in [1.29, 1.82) is 0 Å². The van der Waals surface area contributed by atoms with Gasteiger partial charge in [0.1, 0.15) is 6.10 Å². The van der Waals surface area contributed by atoms with E-state index in [1.807, 2.05) is 0 Å². The molecule has 0 heterocycles. The molecule has 1 rings (SSSR count). The van der Waals surface area contributed by atoms with Crippen LogP contribution in [0.4, 0.5) is 0 Å². The molecule has 0 aromatic carbocycles. The molecule has 88 valence electrons. The highest BCUT2D eigenvalue weighted by Crippen LogP contribution is 2.32. The fraction of sp³-hybridized carbons (Fsp3) is 0.917. The molecule has 3 heteroatoms. The van der Waals surface area contributed by atoms with E-state index in [-0.39, 0.29) is 24.1 Å². The molecule has 3 atom stereocenters. The summed E-state index contributed by atoms with van der Waals surface area (Å²) in [5, 5.41) is 9.78. The maximum absolute atomic E-state index is 10.9. The molecule has 0 bridgehead atoms. The first-order valence-corrected chi connectivity index (χ1v) is 6.00. The average molecular weight is 214 g/mol. The Hall–Kier alpha value is -0.570. The monoisotopic (exact) mass is 214 g/mol. The van der Waals surface area contributed by atoms with E-state index in [0.717, 1.165) is 25.7 Å². The third-order valence-electron chi connectivity index (χ3n) is 3.18. The molecule has 15 heavy (non-hydrogen) atoms. The van der Waals surface area contributed by atoms with Gasteiger partial charge in [0, 0.05) is 12.8 Å². The lowest BCUT2D eigenvalue weighted by atomic mass is 9.96. The van der Waals surface area contributed by atoms with Gasteiger partial charge in [-0.3, -0.25) is 4.79 Å². The van der Waals surface area contributed by atoms with E-state index in [2.05, 4.69) is 6.92 Å². The number of carbonyl (C=O) groups excluding carboxylic acids is 1. The second-order valence-corrected chi connectivity index (χ2v) is 4.45. The summed E-state index contributed by atoms with van der Waals surface area (Å²) < 4.78 is 5.23. The Balaban J connectivity index is 2.38. The van der Waals surface area contributed by atoms with E-state index >= 15 is 0 Å². The fourth-order valence-corrected chi connectivity index (χ4v) is 2.38. The van der Waals surface area contributed by atoms with E-state index in [1.54, 1.807) is 0 Å². The molecule has 3 unspecified atom stereocenters. The number of aliphatic hydroxyl groups excluding tert-OH is 1. The SMILES string of the molecule is CCCCCC1C(O)CCC1OC(C)=O. The lowest BCUT2D eigenvalue weighted by Crippen LogP contribution is -2.26. The highest BCUT2D eigenvalue weighted by atomic mass is 16.5. The van der Waals surface area contributed by atoms with Crippen LogP contribution >= 0.6 is 0 Å². The van der Waals surface area contributed by atoms with Gasteiger partial charge in [-0.05, 0) is 19.3 Å². The summed E-state index contributed by atoms with van der Waals surface area (Å²) in [5.41, 5.74) is 0. The number of unbranched alkanes of at least 4 members (excludes halogenated alkanes) is 2. The molecular formula is C12H22O3. The average Bonchev–Trinajstić information content (AvgIpc) is 2.49. The van der Waals surface area contributed by atoms with Gasteiger partial charge in [0.25, 0.3) is 0 Å². The van der Waals surface area contributed by atoms with Gasteiger partial charge in [-0.2, -0.15) is 0 Å². The Bertz CT molecular complexity index is 203. The molecule has 3 nitrogen and oxygen atoms in total. The minimum absolute atomic E-state index is 0.0469. The quantitative estimate of drug-likeness (QED) is 0.564.